The monoisotopic (exact) mass is 599 g/mol. The van der Waals surface area contributed by atoms with Crippen molar-refractivity contribution in [3.8, 4) is 0 Å². The van der Waals surface area contributed by atoms with Crippen LogP contribution in [0.3, 0.4) is 0 Å². The predicted molar refractivity (Wildman–Crippen MR) is 166 cm³/mol. The summed E-state index contributed by atoms with van der Waals surface area (Å²) in [5, 5.41) is 7.63. The summed E-state index contributed by atoms with van der Waals surface area (Å²) >= 11 is 0. The minimum atomic E-state index is -2.64. The van der Waals surface area contributed by atoms with Gasteiger partial charge in [0, 0.05) is 18.4 Å². The summed E-state index contributed by atoms with van der Waals surface area (Å²) in [7, 11) is 0. The van der Waals surface area contributed by atoms with Gasteiger partial charge in [0.2, 0.25) is 23.6 Å². The predicted octanol–water partition coefficient (Wildman–Crippen LogP) is -1.08. The number of hydrogen-bond donors (Lipinski definition) is 8. The first-order valence-electron chi connectivity index (χ1n) is 15.9. The summed E-state index contributed by atoms with van der Waals surface area (Å²) in [6.07, 6.45) is -5.48. The average molecular weight is 600 g/mol. The van der Waals surface area contributed by atoms with Crippen molar-refractivity contribution in [3.63, 3.8) is 0 Å². The number of rotatable bonds is 19. The molecular weight excluding hydrogens is 550 g/mol. The molecule has 4 atom stereocenters. The lowest BCUT2D eigenvalue weighted by Gasteiger charge is -2.25. The third kappa shape index (κ3) is 13.4. The molecule has 0 aliphatic heterocycles. The SMILES string of the molecule is [2H]C([2H])(CN)C([2H])([2H])C[C@H](NC(=O)[C@H](Cc1ccccc1)NC(=O)[C@@H](CCCN=C(N)N)NC(=O)[C@@H](N)Cc1ccccc1)C(N)=O. The number of amides is 4. The molecule has 0 aliphatic rings. The van der Waals surface area contributed by atoms with Crippen molar-refractivity contribution >= 4 is 29.6 Å². The number of guanidine groups is 1. The van der Waals surface area contributed by atoms with Crippen LogP contribution in [-0.4, -0.2) is 66.8 Å². The molecule has 0 radical (unpaired) electrons. The van der Waals surface area contributed by atoms with Gasteiger partial charge in [-0.05, 0) is 56.1 Å². The van der Waals surface area contributed by atoms with E-state index in [4.69, 9.17) is 34.2 Å². The van der Waals surface area contributed by atoms with Crippen LogP contribution >= 0.6 is 0 Å². The molecule has 0 unspecified atom stereocenters. The third-order valence-corrected chi connectivity index (χ3v) is 6.32. The molecule has 13 nitrogen and oxygen atoms in total. The van der Waals surface area contributed by atoms with Crippen LogP contribution in [-0.2, 0) is 32.0 Å². The summed E-state index contributed by atoms with van der Waals surface area (Å²) in [5.74, 6) is -3.49. The zero-order chi connectivity index (χ0) is 35.2. The van der Waals surface area contributed by atoms with E-state index in [9.17, 15) is 19.2 Å². The summed E-state index contributed by atoms with van der Waals surface area (Å²) in [5.41, 5.74) is 29.2. The molecule has 234 valence electrons. The maximum absolute atomic E-state index is 13.7. The Morgan fingerprint density at radius 2 is 1.26 bits per heavy atom. The fourth-order valence-electron chi connectivity index (χ4n) is 4.08. The second kappa shape index (κ2) is 18.8. The van der Waals surface area contributed by atoms with Crippen molar-refractivity contribution in [2.75, 3.05) is 13.1 Å². The Balaban J connectivity index is 2.31. The zero-order valence-electron chi connectivity index (χ0n) is 28.0. The molecule has 13 N–H and O–H groups in total. The zero-order valence-corrected chi connectivity index (χ0v) is 24.0. The highest BCUT2D eigenvalue weighted by atomic mass is 16.2. The van der Waals surface area contributed by atoms with E-state index in [1.165, 1.54) is 0 Å². The van der Waals surface area contributed by atoms with Crippen LogP contribution in [0.1, 0.15) is 48.6 Å². The van der Waals surface area contributed by atoms with Crippen molar-refractivity contribution in [2.45, 2.75) is 69.0 Å². The molecular formula is C30H45N9O4. The Morgan fingerprint density at radius 1 is 0.721 bits per heavy atom. The Hall–Kier alpha value is -4.49. The molecule has 0 aliphatic carbocycles. The number of hydrogen-bond acceptors (Lipinski definition) is 7. The highest BCUT2D eigenvalue weighted by molar-refractivity contribution is 5.94. The largest absolute Gasteiger partial charge is 0.370 e. The summed E-state index contributed by atoms with van der Waals surface area (Å²) in [6.45, 7) is -0.526. The van der Waals surface area contributed by atoms with Gasteiger partial charge in [0.05, 0.1) is 6.04 Å². The van der Waals surface area contributed by atoms with Crippen molar-refractivity contribution in [1.82, 2.24) is 16.0 Å². The van der Waals surface area contributed by atoms with Crippen LogP contribution in [0.5, 0.6) is 0 Å². The van der Waals surface area contributed by atoms with Gasteiger partial charge < -0.3 is 44.6 Å². The van der Waals surface area contributed by atoms with Crippen LogP contribution in [0.25, 0.3) is 0 Å². The molecule has 0 saturated carbocycles. The standard InChI is InChI=1S/C30H45N9O4/c31-16-8-7-14-23(26(33)40)37-29(43)25(19-21-12-5-2-6-13-21)39-28(42)24(15-9-17-36-30(34)35)38-27(41)22(32)18-20-10-3-1-4-11-20/h1-6,10-13,22-25H,7-9,14-19,31-32H2,(H2,33,40)(H,37,43)(H,38,41)(H,39,42)(H4,34,35,36)/t22-,23-,24+,25-/m0/s1/i7D2,8D2. The maximum Gasteiger partial charge on any atom is 0.243 e. The summed E-state index contributed by atoms with van der Waals surface area (Å²) in [6, 6.07) is 12.6. The number of primary amides is 1. The minimum Gasteiger partial charge on any atom is -0.370 e. The Morgan fingerprint density at radius 3 is 1.81 bits per heavy atom. The van der Waals surface area contributed by atoms with Crippen LogP contribution in [0, 0.1) is 0 Å². The number of nitrogens with two attached hydrogens (primary N) is 5. The molecule has 2 aromatic rings. The molecule has 0 heterocycles. The lowest BCUT2D eigenvalue weighted by molar-refractivity contribution is -0.133. The second-order valence-corrected chi connectivity index (χ2v) is 9.78. The normalized spacial score (nSPS) is 15.6. The van der Waals surface area contributed by atoms with Crippen molar-refractivity contribution in [3.05, 3.63) is 71.8 Å². The molecule has 43 heavy (non-hydrogen) atoms. The van der Waals surface area contributed by atoms with Gasteiger partial charge >= 0.3 is 0 Å². The Labute approximate surface area is 258 Å². The van der Waals surface area contributed by atoms with Gasteiger partial charge in [-0.3, -0.25) is 24.2 Å². The molecule has 0 spiro atoms. The number of benzene rings is 2. The Bertz CT molecular complexity index is 1360. The highest BCUT2D eigenvalue weighted by Crippen LogP contribution is 2.09. The molecule has 13 heteroatoms. The number of aliphatic imine (C=N–C) groups is 1. The van der Waals surface area contributed by atoms with E-state index < -0.39 is 73.5 Å². The van der Waals surface area contributed by atoms with Crippen molar-refractivity contribution < 1.29 is 24.7 Å². The molecule has 0 bridgehead atoms. The van der Waals surface area contributed by atoms with Crippen molar-refractivity contribution in [1.29, 1.82) is 0 Å². The quantitative estimate of drug-likeness (QED) is 0.0559. The van der Waals surface area contributed by atoms with Gasteiger partial charge in [-0.2, -0.15) is 0 Å². The lowest BCUT2D eigenvalue weighted by Crippen LogP contribution is -2.58. The molecule has 0 saturated heterocycles. The van der Waals surface area contributed by atoms with E-state index in [1.54, 1.807) is 30.3 Å². The molecule has 0 aromatic heterocycles. The third-order valence-electron chi connectivity index (χ3n) is 6.32. The van der Waals surface area contributed by atoms with Gasteiger partial charge in [-0.15, -0.1) is 0 Å². The van der Waals surface area contributed by atoms with Gasteiger partial charge in [0.1, 0.15) is 18.1 Å². The fourth-order valence-corrected chi connectivity index (χ4v) is 4.08. The van der Waals surface area contributed by atoms with Gasteiger partial charge in [-0.25, -0.2) is 0 Å². The first-order valence-corrected chi connectivity index (χ1v) is 13.9. The van der Waals surface area contributed by atoms with E-state index in [0.29, 0.717) is 5.56 Å². The van der Waals surface area contributed by atoms with E-state index in [-0.39, 0.29) is 38.2 Å². The maximum atomic E-state index is 13.7. The highest BCUT2D eigenvalue weighted by Gasteiger charge is 2.30. The van der Waals surface area contributed by atoms with Crippen LogP contribution in [0.2, 0.25) is 0 Å². The van der Waals surface area contributed by atoms with Crippen molar-refractivity contribution in [2.24, 2.45) is 33.7 Å². The fraction of sp³-hybridized carbons (Fsp3) is 0.433. The average Bonchev–Trinajstić information content (AvgIpc) is 3.02. The minimum absolute atomic E-state index is 0.0530. The van der Waals surface area contributed by atoms with Crippen LogP contribution in [0.15, 0.2) is 65.7 Å². The van der Waals surface area contributed by atoms with Gasteiger partial charge in [-0.1, -0.05) is 60.7 Å². The van der Waals surface area contributed by atoms with Gasteiger partial charge in [0.25, 0.3) is 0 Å². The molecule has 0 fully saturated rings. The van der Waals surface area contributed by atoms with Crippen LogP contribution < -0.4 is 44.6 Å². The Kier molecular flexibility index (Phi) is 12.5. The lowest BCUT2D eigenvalue weighted by atomic mass is 10.0. The number of carbonyl (C=O) groups excluding carboxylic acids is 4. The van der Waals surface area contributed by atoms with E-state index >= 15 is 0 Å². The number of nitrogens with one attached hydrogen (secondary N) is 3. The number of carbonyl (C=O) groups is 4. The second-order valence-electron chi connectivity index (χ2n) is 9.78. The van der Waals surface area contributed by atoms with E-state index in [2.05, 4.69) is 20.9 Å². The van der Waals surface area contributed by atoms with Crippen LogP contribution in [0.4, 0.5) is 0 Å². The molecule has 2 aromatic carbocycles. The van der Waals surface area contributed by atoms with Gasteiger partial charge in [0.15, 0.2) is 5.96 Å². The molecule has 4 amide bonds. The first kappa shape index (κ1) is 28.6. The topological polar surface area (TPSA) is 247 Å². The smallest absolute Gasteiger partial charge is 0.243 e. The summed E-state index contributed by atoms with van der Waals surface area (Å²) < 4.78 is 32.1. The summed E-state index contributed by atoms with van der Waals surface area (Å²) in [4.78, 5) is 56.5. The number of nitrogens with zero attached hydrogens (tertiary/aromatic N) is 1. The van der Waals surface area contributed by atoms with E-state index in [0.717, 1.165) is 5.56 Å². The molecule has 2 rings (SSSR count). The first-order chi connectivity index (χ1) is 22.1. The van der Waals surface area contributed by atoms with E-state index in [1.807, 2.05) is 30.3 Å².